The van der Waals surface area contributed by atoms with Crippen molar-refractivity contribution in [2.75, 3.05) is 0 Å². The molecule has 0 heterocycles. The summed E-state index contributed by atoms with van der Waals surface area (Å²) in [7, 11) is 0. The van der Waals surface area contributed by atoms with Gasteiger partial charge in [-0.05, 0) is 37.0 Å². The maximum absolute atomic E-state index is 13.3. The summed E-state index contributed by atoms with van der Waals surface area (Å²) in [5.74, 6) is -0.130. The third-order valence-corrected chi connectivity index (χ3v) is 2.46. The molecule has 1 aromatic carbocycles. The molecule has 2 N–H and O–H groups in total. The van der Waals surface area contributed by atoms with Crippen LogP contribution in [0.5, 0.6) is 0 Å². The quantitative estimate of drug-likeness (QED) is 0.625. The molecular weight excluding hydrogens is 153 g/mol. The summed E-state index contributed by atoms with van der Waals surface area (Å²) in [5, 5.41) is 0. The lowest BCUT2D eigenvalue weighted by molar-refractivity contribution is 0.588. The average Bonchev–Trinajstić information content (AvgIpc) is 2.31. The third kappa shape index (κ3) is 1.03. The van der Waals surface area contributed by atoms with Crippen molar-refractivity contribution in [2.24, 2.45) is 5.73 Å². The number of benzene rings is 1. The van der Waals surface area contributed by atoms with Crippen LogP contribution in [0.25, 0.3) is 0 Å². The van der Waals surface area contributed by atoms with E-state index in [0.29, 0.717) is 0 Å². The largest absolute Gasteiger partial charge is 0.324 e. The van der Waals surface area contributed by atoms with Gasteiger partial charge in [-0.1, -0.05) is 6.07 Å². The predicted molar refractivity (Wildman–Crippen MR) is 46.4 cm³/mol. The monoisotopic (exact) mass is 165 g/mol. The van der Waals surface area contributed by atoms with Crippen molar-refractivity contribution in [1.82, 2.24) is 0 Å². The Morgan fingerprint density at radius 2 is 2.25 bits per heavy atom. The van der Waals surface area contributed by atoms with Crippen LogP contribution in [0, 0.1) is 12.7 Å². The molecule has 12 heavy (non-hydrogen) atoms. The van der Waals surface area contributed by atoms with Gasteiger partial charge in [0.1, 0.15) is 5.82 Å². The molecule has 0 aromatic heterocycles. The Morgan fingerprint density at radius 1 is 1.50 bits per heavy atom. The lowest BCUT2D eigenvalue weighted by Gasteiger charge is -2.06. The average molecular weight is 165 g/mol. The molecule has 0 saturated carbocycles. The number of hydrogen-bond acceptors (Lipinski definition) is 1. The van der Waals surface area contributed by atoms with E-state index in [-0.39, 0.29) is 11.9 Å². The molecule has 64 valence electrons. The highest BCUT2D eigenvalue weighted by Gasteiger charge is 2.22. The summed E-state index contributed by atoms with van der Waals surface area (Å²) in [6, 6.07) is 3.51. The number of hydrogen-bond donors (Lipinski definition) is 1. The number of rotatable bonds is 0. The van der Waals surface area contributed by atoms with Crippen LogP contribution >= 0.6 is 0 Å². The van der Waals surface area contributed by atoms with Gasteiger partial charge in [0.15, 0.2) is 0 Å². The highest BCUT2D eigenvalue weighted by atomic mass is 19.1. The Labute approximate surface area is 71.4 Å². The van der Waals surface area contributed by atoms with E-state index in [0.717, 1.165) is 29.5 Å². The summed E-state index contributed by atoms with van der Waals surface area (Å²) < 4.78 is 13.3. The molecule has 0 spiro atoms. The normalized spacial score (nSPS) is 21.1. The maximum atomic E-state index is 13.3. The second-order valence-electron chi connectivity index (χ2n) is 3.46. The zero-order valence-corrected chi connectivity index (χ0v) is 7.10. The Balaban J connectivity index is 2.60. The highest BCUT2D eigenvalue weighted by molar-refractivity contribution is 5.38. The minimum atomic E-state index is -0.130. The van der Waals surface area contributed by atoms with Crippen LogP contribution in [0.1, 0.15) is 29.2 Å². The Bertz CT molecular complexity index is 320. The number of nitrogens with two attached hydrogens (primary N) is 1. The lowest BCUT2D eigenvalue weighted by atomic mass is 10.1. The fourth-order valence-corrected chi connectivity index (χ4v) is 1.90. The molecule has 0 amide bonds. The molecular formula is C10H12FN. The van der Waals surface area contributed by atoms with E-state index >= 15 is 0 Å². The van der Waals surface area contributed by atoms with E-state index in [4.69, 9.17) is 5.73 Å². The minimum Gasteiger partial charge on any atom is -0.324 e. The first kappa shape index (κ1) is 7.74. The predicted octanol–water partition coefficient (Wildman–Crippen LogP) is 2.08. The van der Waals surface area contributed by atoms with Crippen LogP contribution in [0.4, 0.5) is 4.39 Å². The van der Waals surface area contributed by atoms with Gasteiger partial charge >= 0.3 is 0 Å². The molecule has 0 radical (unpaired) electrons. The molecule has 1 aromatic rings. The van der Waals surface area contributed by atoms with Crippen molar-refractivity contribution in [3.05, 3.63) is 34.6 Å². The zero-order valence-electron chi connectivity index (χ0n) is 7.10. The Hall–Kier alpha value is -0.890. The van der Waals surface area contributed by atoms with Crippen molar-refractivity contribution in [3.8, 4) is 0 Å². The van der Waals surface area contributed by atoms with Crippen molar-refractivity contribution < 1.29 is 4.39 Å². The van der Waals surface area contributed by atoms with E-state index in [1.54, 1.807) is 6.07 Å². The van der Waals surface area contributed by atoms with E-state index < -0.39 is 0 Å². The first-order chi connectivity index (χ1) is 5.68. The molecule has 2 heteroatoms. The highest BCUT2D eigenvalue weighted by Crippen LogP contribution is 2.31. The number of halogens is 1. The minimum absolute atomic E-state index is 0.0828. The Morgan fingerprint density at radius 3 is 3.00 bits per heavy atom. The van der Waals surface area contributed by atoms with Gasteiger partial charge in [-0.2, -0.15) is 0 Å². The standard InChI is InChI=1S/C10H12FN/c1-6-4-7-2-3-9(12)10(7)8(11)5-6/h4-5,9H,2-3,12H2,1H3. The van der Waals surface area contributed by atoms with E-state index in [2.05, 4.69) is 0 Å². The van der Waals surface area contributed by atoms with Gasteiger partial charge in [-0.3, -0.25) is 0 Å². The number of aryl methyl sites for hydroxylation is 2. The van der Waals surface area contributed by atoms with E-state index in [1.807, 2.05) is 13.0 Å². The van der Waals surface area contributed by atoms with E-state index in [1.165, 1.54) is 0 Å². The van der Waals surface area contributed by atoms with Crippen molar-refractivity contribution in [3.63, 3.8) is 0 Å². The molecule has 1 aliphatic carbocycles. The van der Waals surface area contributed by atoms with Crippen LogP contribution in [0.15, 0.2) is 12.1 Å². The topological polar surface area (TPSA) is 26.0 Å². The summed E-state index contributed by atoms with van der Waals surface area (Å²) in [6.07, 6.45) is 1.81. The molecule has 2 rings (SSSR count). The molecule has 0 fully saturated rings. The van der Waals surface area contributed by atoms with Crippen LogP contribution in [0.3, 0.4) is 0 Å². The smallest absolute Gasteiger partial charge is 0.128 e. The Kier molecular flexibility index (Phi) is 1.65. The molecule has 1 atom stereocenters. The van der Waals surface area contributed by atoms with Gasteiger partial charge < -0.3 is 5.73 Å². The zero-order chi connectivity index (χ0) is 8.72. The SMILES string of the molecule is Cc1cc(F)c2c(c1)CCC2N. The van der Waals surface area contributed by atoms with Crippen LogP contribution < -0.4 is 5.73 Å². The second-order valence-corrected chi connectivity index (χ2v) is 3.46. The van der Waals surface area contributed by atoms with Crippen molar-refractivity contribution in [1.29, 1.82) is 0 Å². The van der Waals surface area contributed by atoms with Crippen LogP contribution in [0.2, 0.25) is 0 Å². The summed E-state index contributed by atoms with van der Waals surface area (Å²) in [5.41, 5.74) is 8.58. The fourth-order valence-electron chi connectivity index (χ4n) is 1.90. The van der Waals surface area contributed by atoms with Crippen molar-refractivity contribution in [2.45, 2.75) is 25.8 Å². The molecule has 0 saturated heterocycles. The summed E-state index contributed by atoms with van der Waals surface area (Å²) >= 11 is 0. The van der Waals surface area contributed by atoms with Crippen LogP contribution in [-0.4, -0.2) is 0 Å². The van der Waals surface area contributed by atoms with Gasteiger partial charge in [0.2, 0.25) is 0 Å². The van der Waals surface area contributed by atoms with Gasteiger partial charge in [0.25, 0.3) is 0 Å². The van der Waals surface area contributed by atoms with Gasteiger partial charge in [-0.25, -0.2) is 4.39 Å². The summed E-state index contributed by atoms with van der Waals surface area (Å²) in [4.78, 5) is 0. The third-order valence-electron chi connectivity index (χ3n) is 2.46. The molecule has 1 nitrogen and oxygen atoms in total. The van der Waals surface area contributed by atoms with Crippen LogP contribution in [-0.2, 0) is 6.42 Å². The van der Waals surface area contributed by atoms with E-state index in [9.17, 15) is 4.39 Å². The second kappa shape index (κ2) is 2.56. The molecule has 0 bridgehead atoms. The van der Waals surface area contributed by atoms with Gasteiger partial charge in [0.05, 0.1) is 0 Å². The maximum Gasteiger partial charge on any atom is 0.128 e. The molecule has 1 unspecified atom stereocenters. The first-order valence-electron chi connectivity index (χ1n) is 4.23. The van der Waals surface area contributed by atoms with Gasteiger partial charge in [0, 0.05) is 11.6 Å². The lowest BCUT2D eigenvalue weighted by Crippen LogP contribution is -2.07. The fraction of sp³-hybridized carbons (Fsp3) is 0.400. The molecule has 1 aliphatic rings. The first-order valence-corrected chi connectivity index (χ1v) is 4.23. The van der Waals surface area contributed by atoms with Gasteiger partial charge in [-0.15, -0.1) is 0 Å². The number of fused-ring (bicyclic) bond motifs is 1. The molecule has 0 aliphatic heterocycles. The summed E-state index contributed by atoms with van der Waals surface area (Å²) in [6.45, 7) is 1.91. The van der Waals surface area contributed by atoms with Crippen molar-refractivity contribution >= 4 is 0 Å².